The highest BCUT2D eigenvalue weighted by molar-refractivity contribution is 6.03. The number of allylic oxidation sites excluding steroid dienone is 2. The Morgan fingerprint density at radius 1 is 1.02 bits per heavy atom. The Morgan fingerprint density at radius 3 is 2.29 bits per heavy atom. The summed E-state index contributed by atoms with van der Waals surface area (Å²) in [7, 11) is 0. The molecule has 0 saturated heterocycles. The molecule has 1 aromatic carbocycles. The number of amides is 4. The fraction of sp³-hybridized carbons (Fsp3) is 0.541. The fourth-order valence-electron chi connectivity index (χ4n) is 6.11. The Balaban J connectivity index is 1.68. The Bertz CT molecular complexity index is 1830. The SMILES string of the molecule is CC(C)(C)OC(=O)NCCN(C(=O)Cn1c(NC(=O)c2ccccc2)nc2nc[nH]c2c1=O)[C@H](C(=O)NC1=CC[C@@H](C(C)(C)C)CC1)C(C)(C)C. The molecule has 14 heteroatoms. The highest BCUT2D eigenvalue weighted by Crippen LogP contribution is 2.37. The molecule has 0 fully saturated rings. The van der Waals surface area contributed by atoms with E-state index in [1.54, 1.807) is 51.1 Å². The molecule has 0 bridgehead atoms. The van der Waals surface area contributed by atoms with Crippen LogP contribution < -0.4 is 21.5 Å². The first kappa shape index (κ1) is 38.8. The quantitative estimate of drug-likeness (QED) is 0.228. The van der Waals surface area contributed by atoms with E-state index in [4.69, 9.17) is 4.74 Å². The van der Waals surface area contributed by atoms with Gasteiger partial charge in [0.25, 0.3) is 11.5 Å². The number of nitrogens with one attached hydrogen (secondary N) is 4. The van der Waals surface area contributed by atoms with Crippen LogP contribution in [0.15, 0.2) is 53.2 Å². The zero-order chi connectivity index (χ0) is 37.7. The number of aromatic amines is 1. The van der Waals surface area contributed by atoms with Crippen LogP contribution in [0.4, 0.5) is 10.7 Å². The second-order valence-electron chi connectivity index (χ2n) is 16.1. The molecule has 0 saturated carbocycles. The molecular weight excluding hydrogens is 652 g/mol. The van der Waals surface area contributed by atoms with Gasteiger partial charge in [-0.1, -0.05) is 65.8 Å². The number of ether oxygens (including phenoxy) is 1. The molecule has 51 heavy (non-hydrogen) atoms. The van der Waals surface area contributed by atoms with Crippen LogP contribution in [0.3, 0.4) is 0 Å². The summed E-state index contributed by atoms with van der Waals surface area (Å²) in [6.07, 6.45) is 5.11. The van der Waals surface area contributed by atoms with Crippen molar-refractivity contribution in [3.8, 4) is 0 Å². The molecule has 276 valence electrons. The Labute approximate surface area is 298 Å². The van der Waals surface area contributed by atoms with Crippen molar-refractivity contribution >= 4 is 40.9 Å². The van der Waals surface area contributed by atoms with Crippen molar-refractivity contribution in [1.82, 2.24) is 35.1 Å². The second-order valence-corrected chi connectivity index (χ2v) is 16.1. The number of nitrogens with zero attached hydrogens (tertiary/aromatic N) is 4. The number of alkyl carbamates (subject to hydrolysis) is 1. The molecule has 1 aliphatic rings. The number of hydrogen-bond donors (Lipinski definition) is 4. The topological polar surface area (TPSA) is 180 Å². The van der Waals surface area contributed by atoms with E-state index in [2.05, 4.69) is 57.7 Å². The van der Waals surface area contributed by atoms with Crippen LogP contribution in [-0.4, -0.2) is 73.0 Å². The van der Waals surface area contributed by atoms with Crippen LogP contribution in [0.1, 0.15) is 91.9 Å². The van der Waals surface area contributed by atoms with Crippen LogP contribution >= 0.6 is 0 Å². The van der Waals surface area contributed by atoms with Gasteiger partial charge in [0, 0.05) is 24.4 Å². The maximum Gasteiger partial charge on any atom is 0.407 e. The molecule has 4 amide bonds. The zero-order valence-corrected chi connectivity index (χ0v) is 31.2. The van der Waals surface area contributed by atoms with E-state index in [0.29, 0.717) is 17.9 Å². The number of carbonyl (C=O) groups excluding carboxylic acids is 4. The Morgan fingerprint density at radius 2 is 1.71 bits per heavy atom. The average Bonchev–Trinajstić information content (AvgIpc) is 3.50. The van der Waals surface area contributed by atoms with E-state index >= 15 is 0 Å². The molecule has 4 N–H and O–H groups in total. The van der Waals surface area contributed by atoms with E-state index in [0.717, 1.165) is 23.1 Å². The summed E-state index contributed by atoms with van der Waals surface area (Å²) in [6.45, 7) is 16.7. The van der Waals surface area contributed by atoms with Gasteiger partial charge < -0.3 is 25.3 Å². The number of rotatable bonds is 10. The first-order chi connectivity index (χ1) is 23.7. The fourth-order valence-corrected chi connectivity index (χ4v) is 6.11. The predicted octanol–water partition coefficient (Wildman–Crippen LogP) is 4.99. The van der Waals surface area contributed by atoms with Crippen molar-refractivity contribution in [2.24, 2.45) is 16.7 Å². The first-order valence-corrected chi connectivity index (χ1v) is 17.3. The summed E-state index contributed by atoms with van der Waals surface area (Å²) in [4.78, 5) is 80.7. The lowest BCUT2D eigenvalue weighted by Gasteiger charge is -2.40. The molecule has 0 spiro atoms. The average molecular weight is 705 g/mol. The zero-order valence-electron chi connectivity index (χ0n) is 31.2. The molecule has 1 aliphatic carbocycles. The van der Waals surface area contributed by atoms with Crippen molar-refractivity contribution in [2.45, 2.75) is 99.8 Å². The summed E-state index contributed by atoms with van der Waals surface area (Å²) >= 11 is 0. The summed E-state index contributed by atoms with van der Waals surface area (Å²) in [5, 5.41) is 8.40. The lowest BCUT2D eigenvalue weighted by Crippen LogP contribution is -2.58. The number of imidazole rings is 1. The normalized spacial score (nSPS) is 15.8. The van der Waals surface area contributed by atoms with Gasteiger partial charge in [0.2, 0.25) is 17.8 Å². The first-order valence-electron chi connectivity index (χ1n) is 17.3. The number of fused-ring (bicyclic) bond motifs is 1. The van der Waals surface area contributed by atoms with Crippen LogP contribution in [0.25, 0.3) is 11.2 Å². The van der Waals surface area contributed by atoms with Gasteiger partial charge in [-0.05, 0) is 68.9 Å². The van der Waals surface area contributed by atoms with Crippen LogP contribution in [0.5, 0.6) is 0 Å². The van der Waals surface area contributed by atoms with Gasteiger partial charge in [0.1, 0.15) is 18.2 Å². The number of hydrogen-bond acceptors (Lipinski definition) is 8. The standard InChI is InChI=1S/C37H52N8O6/c1-35(2,3)24-15-17-25(18-16-24)41-31(48)28(36(4,5)6)44(20-19-38-34(50)51-37(7,8)9)26(46)21-45-32(49)27-29(40-22-39-27)42-33(45)43-30(47)23-13-11-10-12-14-23/h10-14,17,22,24,28H,15-16,18-21H2,1-9H3,(H,38,50)(H,39,40)(H,41,48)(H,42,43,47)/t24-,28-/m1/s1. The number of aromatic nitrogens is 4. The molecule has 4 rings (SSSR count). The Kier molecular flexibility index (Phi) is 11.8. The van der Waals surface area contributed by atoms with Crippen LogP contribution in [0, 0.1) is 16.7 Å². The minimum absolute atomic E-state index is 0.0409. The van der Waals surface area contributed by atoms with Gasteiger partial charge >= 0.3 is 6.09 Å². The van der Waals surface area contributed by atoms with E-state index in [1.807, 2.05) is 20.8 Å². The second kappa shape index (κ2) is 15.5. The maximum atomic E-state index is 14.5. The third-order valence-corrected chi connectivity index (χ3v) is 8.74. The minimum atomic E-state index is -1.02. The van der Waals surface area contributed by atoms with E-state index in [9.17, 15) is 24.0 Å². The highest BCUT2D eigenvalue weighted by Gasteiger charge is 2.40. The summed E-state index contributed by atoms with van der Waals surface area (Å²) in [5.41, 5.74) is -0.812. The lowest BCUT2D eigenvalue weighted by molar-refractivity contribution is -0.144. The highest BCUT2D eigenvalue weighted by atomic mass is 16.6. The van der Waals surface area contributed by atoms with Crippen molar-refractivity contribution in [2.75, 3.05) is 18.4 Å². The van der Waals surface area contributed by atoms with E-state index in [1.165, 1.54) is 11.2 Å². The van der Waals surface area contributed by atoms with Gasteiger partial charge in [-0.3, -0.25) is 29.1 Å². The van der Waals surface area contributed by atoms with Crippen LogP contribution in [0.2, 0.25) is 0 Å². The van der Waals surface area contributed by atoms with Crippen molar-refractivity contribution in [3.63, 3.8) is 0 Å². The van der Waals surface area contributed by atoms with E-state index < -0.39 is 47.1 Å². The molecule has 0 aliphatic heterocycles. The number of H-pyrrole nitrogens is 1. The van der Waals surface area contributed by atoms with Crippen molar-refractivity contribution in [1.29, 1.82) is 0 Å². The monoisotopic (exact) mass is 704 g/mol. The van der Waals surface area contributed by atoms with Gasteiger partial charge in [-0.15, -0.1) is 0 Å². The maximum absolute atomic E-state index is 14.5. The number of anilines is 1. The third kappa shape index (κ3) is 10.3. The van der Waals surface area contributed by atoms with Gasteiger partial charge in [-0.2, -0.15) is 4.98 Å². The largest absolute Gasteiger partial charge is 0.444 e. The molecule has 0 unspecified atom stereocenters. The summed E-state index contributed by atoms with van der Waals surface area (Å²) in [5.74, 6) is -1.26. The summed E-state index contributed by atoms with van der Waals surface area (Å²) < 4.78 is 6.43. The lowest BCUT2D eigenvalue weighted by atomic mass is 9.74. The van der Waals surface area contributed by atoms with E-state index in [-0.39, 0.29) is 41.5 Å². The number of carbonyl (C=O) groups is 4. The van der Waals surface area contributed by atoms with Crippen molar-refractivity contribution in [3.05, 3.63) is 64.3 Å². The van der Waals surface area contributed by atoms with Crippen molar-refractivity contribution < 1.29 is 23.9 Å². The molecule has 2 heterocycles. The molecule has 0 radical (unpaired) electrons. The Hall–Kier alpha value is -5.01. The predicted molar refractivity (Wildman–Crippen MR) is 195 cm³/mol. The van der Waals surface area contributed by atoms with Gasteiger partial charge in [0.15, 0.2) is 11.2 Å². The molecule has 2 atom stereocenters. The third-order valence-electron chi connectivity index (χ3n) is 8.74. The summed E-state index contributed by atoms with van der Waals surface area (Å²) in [6, 6.07) is 7.35. The van der Waals surface area contributed by atoms with Crippen LogP contribution in [-0.2, 0) is 20.9 Å². The minimum Gasteiger partial charge on any atom is -0.444 e. The molecule has 2 aromatic heterocycles. The molecule has 14 nitrogen and oxygen atoms in total. The number of benzene rings is 1. The van der Waals surface area contributed by atoms with Gasteiger partial charge in [-0.25, -0.2) is 9.78 Å². The van der Waals surface area contributed by atoms with Gasteiger partial charge in [0.05, 0.1) is 6.33 Å². The molecule has 3 aromatic rings. The smallest absolute Gasteiger partial charge is 0.407 e. The molecular formula is C37H52N8O6.